The van der Waals surface area contributed by atoms with Crippen molar-refractivity contribution in [2.45, 2.75) is 36.7 Å². The highest BCUT2D eigenvalue weighted by molar-refractivity contribution is 7.84. The number of rotatable bonds is 3. The van der Waals surface area contributed by atoms with Crippen molar-refractivity contribution in [3.05, 3.63) is 29.6 Å². The van der Waals surface area contributed by atoms with E-state index in [0.29, 0.717) is 11.3 Å². The third-order valence-corrected chi connectivity index (χ3v) is 4.90. The molecule has 2 nitrogen and oxygen atoms in total. The van der Waals surface area contributed by atoms with Gasteiger partial charge in [0.1, 0.15) is 5.82 Å². The third-order valence-electron chi connectivity index (χ3n) is 3.12. The Morgan fingerprint density at radius 1 is 1.38 bits per heavy atom. The second kappa shape index (κ2) is 4.95. The highest BCUT2D eigenvalue weighted by Crippen LogP contribution is 2.26. The number of nitrogen functional groups attached to an aromatic ring is 1. The zero-order valence-corrected chi connectivity index (χ0v) is 9.93. The summed E-state index contributed by atoms with van der Waals surface area (Å²) in [4.78, 5) is 0. The van der Waals surface area contributed by atoms with E-state index in [-0.39, 0.29) is 16.8 Å². The van der Waals surface area contributed by atoms with Crippen molar-refractivity contribution in [3.63, 3.8) is 0 Å². The lowest BCUT2D eigenvalue weighted by molar-refractivity contribution is 0.615. The van der Waals surface area contributed by atoms with Crippen LogP contribution in [0.3, 0.4) is 0 Å². The Kier molecular flexibility index (Phi) is 3.59. The number of nitrogens with two attached hydrogens (primary N) is 1. The smallest absolute Gasteiger partial charge is 0.129 e. The van der Waals surface area contributed by atoms with Gasteiger partial charge in [-0.3, -0.25) is 4.21 Å². The fourth-order valence-electron chi connectivity index (χ4n) is 2.14. The van der Waals surface area contributed by atoms with Crippen molar-refractivity contribution in [2.75, 3.05) is 5.73 Å². The molecule has 16 heavy (non-hydrogen) atoms. The van der Waals surface area contributed by atoms with E-state index in [1.807, 2.05) is 0 Å². The van der Waals surface area contributed by atoms with Gasteiger partial charge in [-0.2, -0.15) is 0 Å². The van der Waals surface area contributed by atoms with Gasteiger partial charge >= 0.3 is 0 Å². The molecule has 1 aliphatic rings. The zero-order valence-electron chi connectivity index (χ0n) is 9.12. The minimum atomic E-state index is -0.987. The van der Waals surface area contributed by atoms with E-state index < -0.39 is 10.8 Å². The average molecular weight is 241 g/mol. The Hall–Kier alpha value is -0.900. The number of benzene rings is 1. The van der Waals surface area contributed by atoms with Gasteiger partial charge in [-0.15, -0.1) is 0 Å². The molecule has 0 aromatic heterocycles. The Morgan fingerprint density at radius 2 is 2.06 bits per heavy atom. The lowest BCUT2D eigenvalue weighted by Gasteiger charge is -2.11. The predicted octanol–water partition coefficient (Wildman–Crippen LogP) is 2.60. The van der Waals surface area contributed by atoms with Gasteiger partial charge in [0.05, 0.1) is 5.75 Å². The van der Waals surface area contributed by atoms with E-state index in [2.05, 4.69) is 0 Å². The first kappa shape index (κ1) is 11.6. The summed E-state index contributed by atoms with van der Waals surface area (Å²) in [7, 11) is -0.987. The SMILES string of the molecule is Nc1cccc(F)c1CS(=O)C1CCCC1. The first-order chi connectivity index (χ1) is 7.68. The predicted molar refractivity (Wildman–Crippen MR) is 64.9 cm³/mol. The van der Waals surface area contributed by atoms with Gasteiger partial charge in [-0.05, 0) is 25.0 Å². The normalized spacial score (nSPS) is 18.8. The van der Waals surface area contributed by atoms with E-state index in [0.717, 1.165) is 25.7 Å². The van der Waals surface area contributed by atoms with Crippen LogP contribution in [0.2, 0.25) is 0 Å². The summed E-state index contributed by atoms with van der Waals surface area (Å²) in [6.07, 6.45) is 4.29. The van der Waals surface area contributed by atoms with Crippen molar-refractivity contribution in [3.8, 4) is 0 Å². The minimum absolute atomic E-state index is 0.235. The standard InChI is InChI=1S/C12H16FNOS/c13-11-6-3-7-12(14)10(11)8-16(15)9-4-1-2-5-9/h3,6-7,9H,1-2,4-5,8,14H2. The van der Waals surface area contributed by atoms with Crippen LogP contribution in [0.15, 0.2) is 18.2 Å². The summed E-state index contributed by atoms with van der Waals surface area (Å²) >= 11 is 0. The number of hydrogen-bond donors (Lipinski definition) is 1. The summed E-state index contributed by atoms with van der Waals surface area (Å²) in [5, 5.41) is 0.235. The molecular weight excluding hydrogens is 225 g/mol. The molecule has 0 saturated heterocycles. The highest BCUT2D eigenvalue weighted by Gasteiger charge is 2.22. The molecule has 1 aromatic carbocycles. The zero-order chi connectivity index (χ0) is 11.5. The van der Waals surface area contributed by atoms with Gasteiger partial charge in [0.25, 0.3) is 0 Å². The van der Waals surface area contributed by atoms with E-state index in [1.54, 1.807) is 12.1 Å². The molecule has 1 fully saturated rings. The molecule has 1 atom stereocenters. The molecule has 1 aliphatic carbocycles. The maximum absolute atomic E-state index is 13.5. The van der Waals surface area contributed by atoms with E-state index in [1.165, 1.54) is 6.07 Å². The molecule has 88 valence electrons. The van der Waals surface area contributed by atoms with Gasteiger partial charge in [0, 0.05) is 27.3 Å². The van der Waals surface area contributed by atoms with Gasteiger partial charge < -0.3 is 5.73 Å². The second-order valence-corrected chi connectivity index (χ2v) is 5.96. The first-order valence-electron chi connectivity index (χ1n) is 5.58. The van der Waals surface area contributed by atoms with E-state index >= 15 is 0 Å². The van der Waals surface area contributed by atoms with Crippen LogP contribution in [-0.2, 0) is 16.6 Å². The molecule has 0 heterocycles. The van der Waals surface area contributed by atoms with Crippen molar-refractivity contribution in [1.29, 1.82) is 0 Å². The van der Waals surface area contributed by atoms with E-state index in [9.17, 15) is 8.60 Å². The molecular formula is C12H16FNOS. The molecule has 0 aliphatic heterocycles. The molecule has 0 amide bonds. The van der Waals surface area contributed by atoms with Crippen LogP contribution < -0.4 is 5.73 Å². The monoisotopic (exact) mass is 241 g/mol. The van der Waals surface area contributed by atoms with Crippen LogP contribution in [0.1, 0.15) is 31.2 Å². The van der Waals surface area contributed by atoms with Crippen LogP contribution in [0.25, 0.3) is 0 Å². The topological polar surface area (TPSA) is 43.1 Å². The summed E-state index contributed by atoms with van der Waals surface area (Å²) in [6, 6.07) is 4.61. The summed E-state index contributed by atoms with van der Waals surface area (Å²) in [6.45, 7) is 0. The fraction of sp³-hybridized carbons (Fsp3) is 0.500. The number of anilines is 1. The number of hydrogen-bond acceptors (Lipinski definition) is 2. The van der Waals surface area contributed by atoms with Crippen molar-refractivity contribution in [1.82, 2.24) is 0 Å². The van der Waals surface area contributed by atoms with Gasteiger partial charge in [-0.1, -0.05) is 18.9 Å². The molecule has 0 spiro atoms. The molecule has 1 saturated carbocycles. The van der Waals surface area contributed by atoms with Crippen molar-refractivity contribution in [2.24, 2.45) is 0 Å². The van der Waals surface area contributed by atoms with Crippen molar-refractivity contribution >= 4 is 16.5 Å². The third kappa shape index (κ3) is 2.43. The van der Waals surface area contributed by atoms with Crippen LogP contribution in [-0.4, -0.2) is 9.46 Å². The summed E-state index contributed by atoms with van der Waals surface area (Å²) < 4.78 is 25.5. The van der Waals surface area contributed by atoms with Gasteiger partial charge in [0.2, 0.25) is 0 Å². The molecule has 4 heteroatoms. The quantitative estimate of drug-likeness (QED) is 0.827. The lowest BCUT2D eigenvalue weighted by Crippen LogP contribution is -2.14. The number of halogens is 1. The second-order valence-electron chi connectivity index (χ2n) is 4.24. The van der Waals surface area contributed by atoms with E-state index in [4.69, 9.17) is 5.73 Å². The summed E-state index contributed by atoms with van der Waals surface area (Å²) in [5.41, 5.74) is 6.51. The summed E-state index contributed by atoms with van der Waals surface area (Å²) in [5.74, 6) is -0.0882. The first-order valence-corrected chi connectivity index (χ1v) is 6.96. The molecule has 0 bridgehead atoms. The molecule has 0 radical (unpaired) electrons. The Bertz CT molecular complexity index is 382. The highest BCUT2D eigenvalue weighted by atomic mass is 32.2. The molecule has 1 aromatic rings. The van der Waals surface area contributed by atoms with Crippen LogP contribution in [0.4, 0.5) is 10.1 Å². The maximum atomic E-state index is 13.5. The molecule has 2 rings (SSSR count). The van der Waals surface area contributed by atoms with Crippen molar-refractivity contribution < 1.29 is 8.60 Å². The minimum Gasteiger partial charge on any atom is -0.398 e. The largest absolute Gasteiger partial charge is 0.398 e. The van der Waals surface area contributed by atoms with Crippen LogP contribution >= 0.6 is 0 Å². The Balaban J connectivity index is 2.11. The molecule has 2 N–H and O–H groups in total. The Labute approximate surface area is 97.5 Å². The average Bonchev–Trinajstić information content (AvgIpc) is 2.76. The van der Waals surface area contributed by atoms with Crippen LogP contribution in [0.5, 0.6) is 0 Å². The fourth-order valence-corrected chi connectivity index (χ4v) is 3.82. The van der Waals surface area contributed by atoms with Gasteiger partial charge in [0.15, 0.2) is 0 Å². The Morgan fingerprint density at radius 3 is 2.69 bits per heavy atom. The van der Waals surface area contributed by atoms with Gasteiger partial charge in [-0.25, -0.2) is 4.39 Å². The lowest BCUT2D eigenvalue weighted by atomic mass is 10.2. The maximum Gasteiger partial charge on any atom is 0.129 e. The molecule has 1 unspecified atom stereocenters. The van der Waals surface area contributed by atoms with Crippen LogP contribution in [0, 0.1) is 5.82 Å².